The van der Waals surface area contributed by atoms with Crippen molar-refractivity contribution in [3.05, 3.63) is 35.9 Å². The first kappa shape index (κ1) is 9.53. The van der Waals surface area contributed by atoms with Gasteiger partial charge >= 0.3 is 0 Å². The third-order valence-corrected chi connectivity index (χ3v) is 2.73. The van der Waals surface area contributed by atoms with Gasteiger partial charge in [0.15, 0.2) is 0 Å². The Morgan fingerprint density at radius 1 is 1.43 bits per heavy atom. The minimum absolute atomic E-state index is 0.0536. The third-order valence-electron chi connectivity index (χ3n) is 2.49. The largest absolute Gasteiger partial charge is 0.352 e. The van der Waals surface area contributed by atoms with Gasteiger partial charge in [0.05, 0.1) is 0 Å². The van der Waals surface area contributed by atoms with E-state index in [2.05, 4.69) is 17.4 Å². The summed E-state index contributed by atoms with van der Waals surface area (Å²) in [4.78, 5) is 11.0. The SMILES string of the molecule is O=C(CCl)N[C@H]1C[C@@H]1c1ccccc1. The van der Waals surface area contributed by atoms with Crippen LogP contribution in [0.2, 0.25) is 0 Å². The van der Waals surface area contributed by atoms with Gasteiger partial charge < -0.3 is 5.32 Å². The molecule has 1 amide bonds. The molecule has 1 saturated carbocycles. The molecule has 0 heterocycles. The van der Waals surface area contributed by atoms with Crippen LogP contribution in [0, 0.1) is 0 Å². The second kappa shape index (κ2) is 4.01. The zero-order valence-corrected chi connectivity index (χ0v) is 8.50. The van der Waals surface area contributed by atoms with E-state index in [-0.39, 0.29) is 11.8 Å². The van der Waals surface area contributed by atoms with Crippen molar-refractivity contribution < 1.29 is 4.79 Å². The Balaban J connectivity index is 1.91. The molecular formula is C11H12ClNO. The van der Waals surface area contributed by atoms with E-state index < -0.39 is 0 Å². The van der Waals surface area contributed by atoms with Gasteiger partial charge in [-0.05, 0) is 12.0 Å². The highest BCUT2D eigenvalue weighted by atomic mass is 35.5. The molecule has 74 valence electrons. The van der Waals surface area contributed by atoms with E-state index in [4.69, 9.17) is 11.6 Å². The predicted octanol–water partition coefficient (Wildman–Crippen LogP) is 1.90. The van der Waals surface area contributed by atoms with Crippen molar-refractivity contribution in [3.63, 3.8) is 0 Å². The zero-order valence-electron chi connectivity index (χ0n) is 7.74. The van der Waals surface area contributed by atoms with Crippen LogP contribution in [0.5, 0.6) is 0 Å². The molecule has 0 saturated heterocycles. The Hall–Kier alpha value is -1.02. The third kappa shape index (κ3) is 2.07. The first-order valence-corrected chi connectivity index (χ1v) is 5.25. The molecule has 2 rings (SSSR count). The molecule has 0 unspecified atom stereocenters. The number of nitrogens with one attached hydrogen (secondary N) is 1. The summed E-state index contributed by atoms with van der Waals surface area (Å²) in [6, 6.07) is 10.5. The van der Waals surface area contributed by atoms with Crippen molar-refractivity contribution in [1.29, 1.82) is 0 Å². The molecule has 1 aliphatic carbocycles. The zero-order chi connectivity index (χ0) is 9.97. The van der Waals surface area contributed by atoms with E-state index in [1.807, 2.05) is 18.2 Å². The van der Waals surface area contributed by atoms with Crippen LogP contribution in [0.3, 0.4) is 0 Å². The van der Waals surface area contributed by atoms with E-state index in [0.717, 1.165) is 6.42 Å². The Morgan fingerprint density at radius 2 is 2.14 bits per heavy atom. The van der Waals surface area contributed by atoms with Gasteiger partial charge in [0.1, 0.15) is 5.88 Å². The fourth-order valence-electron chi connectivity index (χ4n) is 1.67. The lowest BCUT2D eigenvalue weighted by Crippen LogP contribution is -2.27. The highest BCUT2D eigenvalue weighted by Gasteiger charge is 2.38. The summed E-state index contributed by atoms with van der Waals surface area (Å²) in [6.45, 7) is 0. The number of amides is 1. The second-order valence-corrected chi connectivity index (χ2v) is 3.83. The molecule has 1 fully saturated rings. The number of hydrogen-bond acceptors (Lipinski definition) is 1. The van der Waals surface area contributed by atoms with E-state index in [1.54, 1.807) is 0 Å². The van der Waals surface area contributed by atoms with Crippen LogP contribution in [-0.4, -0.2) is 17.8 Å². The minimum atomic E-state index is -0.0740. The van der Waals surface area contributed by atoms with Gasteiger partial charge in [0.2, 0.25) is 5.91 Å². The normalized spacial score (nSPS) is 24.4. The summed E-state index contributed by atoms with van der Waals surface area (Å²) in [6.07, 6.45) is 1.03. The topological polar surface area (TPSA) is 29.1 Å². The fourth-order valence-corrected chi connectivity index (χ4v) is 1.75. The molecule has 0 radical (unpaired) electrons. The summed E-state index contributed by atoms with van der Waals surface area (Å²) in [5.41, 5.74) is 1.30. The first-order chi connectivity index (χ1) is 6.81. The van der Waals surface area contributed by atoms with Crippen LogP contribution in [0.4, 0.5) is 0 Å². The number of carbonyl (C=O) groups is 1. The number of carbonyl (C=O) groups excluding carboxylic acids is 1. The van der Waals surface area contributed by atoms with Gasteiger partial charge in [-0.25, -0.2) is 0 Å². The highest BCUT2D eigenvalue weighted by Crippen LogP contribution is 2.40. The van der Waals surface area contributed by atoms with E-state index in [0.29, 0.717) is 12.0 Å². The maximum Gasteiger partial charge on any atom is 0.235 e. The number of rotatable bonds is 3. The van der Waals surface area contributed by atoms with Gasteiger partial charge in [0.25, 0.3) is 0 Å². The molecule has 1 aliphatic rings. The van der Waals surface area contributed by atoms with Gasteiger partial charge in [-0.2, -0.15) is 0 Å². The molecule has 1 aromatic carbocycles. The molecule has 2 nitrogen and oxygen atoms in total. The van der Waals surface area contributed by atoms with E-state index >= 15 is 0 Å². The lowest BCUT2D eigenvalue weighted by molar-refractivity contribution is -0.118. The molecular weight excluding hydrogens is 198 g/mol. The molecule has 0 aliphatic heterocycles. The van der Waals surface area contributed by atoms with Crippen LogP contribution in [-0.2, 0) is 4.79 Å². The number of hydrogen-bond donors (Lipinski definition) is 1. The van der Waals surface area contributed by atoms with Crippen LogP contribution >= 0.6 is 11.6 Å². The molecule has 0 bridgehead atoms. The minimum Gasteiger partial charge on any atom is -0.352 e. The van der Waals surface area contributed by atoms with Crippen molar-refractivity contribution in [2.75, 3.05) is 5.88 Å². The van der Waals surface area contributed by atoms with Gasteiger partial charge in [0, 0.05) is 12.0 Å². The lowest BCUT2D eigenvalue weighted by Gasteiger charge is -2.01. The quantitative estimate of drug-likeness (QED) is 0.757. The Labute approximate surface area is 88.3 Å². The van der Waals surface area contributed by atoms with Gasteiger partial charge in [-0.3, -0.25) is 4.79 Å². The molecule has 0 aromatic heterocycles. The Morgan fingerprint density at radius 3 is 2.79 bits per heavy atom. The van der Waals surface area contributed by atoms with Crippen LogP contribution in [0.1, 0.15) is 17.9 Å². The van der Waals surface area contributed by atoms with Crippen molar-refractivity contribution in [2.24, 2.45) is 0 Å². The average Bonchev–Trinajstić information content (AvgIpc) is 2.98. The standard InChI is InChI=1S/C11H12ClNO/c12-7-11(14)13-10-6-9(10)8-4-2-1-3-5-8/h1-5,9-10H,6-7H2,(H,13,14)/t9-,10+/m1/s1. The molecule has 1 N–H and O–H groups in total. The fraction of sp³-hybridized carbons (Fsp3) is 0.364. The maximum atomic E-state index is 11.0. The first-order valence-electron chi connectivity index (χ1n) is 4.71. The van der Waals surface area contributed by atoms with Crippen molar-refractivity contribution in [3.8, 4) is 0 Å². The van der Waals surface area contributed by atoms with Crippen LogP contribution < -0.4 is 5.32 Å². The summed E-state index contributed by atoms with van der Waals surface area (Å²) >= 11 is 5.41. The maximum absolute atomic E-state index is 11.0. The van der Waals surface area contributed by atoms with Crippen LogP contribution in [0.15, 0.2) is 30.3 Å². The summed E-state index contributed by atoms with van der Waals surface area (Å²) in [7, 11) is 0. The summed E-state index contributed by atoms with van der Waals surface area (Å²) in [5.74, 6) is 0.469. The Kier molecular flexibility index (Phi) is 2.73. The molecule has 1 aromatic rings. The average molecular weight is 210 g/mol. The number of benzene rings is 1. The summed E-state index contributed by atoms with van der Waals surface area (Å²) < 4.78 is 0. The Bertz CT molecular complexity index is 325. The van der Waals surface area contributed by atoms with E-state index in [1.165, 1.54) is 5.56 Å². The smallest absolute Gasteiger partial charge is 0.235 e. The molecule has 14 heavy (non-hydrogen) atoms. The summed E-state index contributed by atoms with van der Waals surface area (Å²) in [5, 5.41) is 2.88. The van der Waals surface area contributed by atoms with Crippen molar-refractivity contribution in [2.45, 2.75) is 18.4 Å². The molecule has 0 spiro atoms. The van der Waals surface area contributed by atoms with Crippen molar-refractivity contribution in [1.82, 2.24) is 5.32 Å². The van der Waals surface area contributed by atoms with E-state index in [9.17, 15) is 4.79 Å². The number of alkyl halides is 1. The van der Waals surface area contributed by atoms with Crippen LogP contribution in [0.25, 0.3) is 0 Å². The predicted molar refractivity (Wildman–Crippen MR) is 56.5 cm³/mol. The highest BCUT2D eigenvalue weighted by molar-refractivity contribution is 6.27. The second-order valence-electron chi connectivity index (χ2n) is 3.56. The van der Waals surface area contributed by atoms with Crippen molar-refractivity contribution >= 4 is 17.5 Å². The van der Waals surface area contributed by atoms with Gasteiger partial charge in [-0.1, -0.05) is 30.3 Å². The van der Waals surface area contributed by atoms with Gasteiger partial charge in [-0.15, -0.1) is 11.6 Å². The monoisotopic (exact) mass is 209 g/mol. The molecule has 3 heteroatoms. The molecule has 2 atom stereocenters. The lowest BCUT2D eigenvalue weighted by atomic mass is 10.1. The number of halogens is 1.